The van der Waals surface area contributed by atoms with Crippen LogP contribution < -0.4 is 5.73 Å². The van der Waals surface area contributed by atoms with Crippen molar-refractivity contribution < 1.29 is 4.79 Å². The van der Waals surface area contributed by atoms with E-state index in [0.29, 0.717) is 11.1 Å². The molecule has 0 radical (unpaired) electrons. The second kappa shape index (κ2) is 6.02. The van der Waals surface area contributed by atoms with E-state index in [1.54, 1.807) is 6.07 Å². The van der Waals surface area contributed by atoms with Gasteiger partial charge in [-0.25, -0.2) is 4.98 Å². The summed E-state index contributed by atoms with van der Waals surface area (Å²) in [5.41, 5.74) is 8.63. The van der Waals surface area contributed by atoms with E-state index in [-0.39, 0.29) is 5.92 Å². The molecule has 112 valence electrons. The van der Waals surface area contributed by atoms with Crippen LogP contribution in [0.2, 0.25) is 0 Å². The van der Waals surface area contributed by atoms with Crippen molar-refractivity contribution in [2.45, 2.75) is 25.7 Å². The van der Waals surface area contributed by atoms with Crippen LogP contribution in [-0.4, -0.2) is 15.9 Å². The fourth-order valence-corrected chi connectivity index (χ4v) is 2.85. The van der Waals surface area contributed by atoms with Crippen molar-refractivity contribution in [1.29, 1.82) is 0 Å². The number of aromatic nitrogens is 2. The average Bonchev–Trinajstić information content (AvgIpc) is 2.96. The predicted octanol–water partition coefficient (Wildman–Crippen LogP) is 3.59. The zero-order chi connectivity index (χ0) is 15.5. The van der Waals surface area contributed by atoms with Crippen molar-refractivity contribution in [1.82, 2.24) is 9.97 Å². The molecule has 3 rings (SSSR count). The zero-order valence-electron chi connectivity index (χ0n) is 12.5. The molecule has 3 N–H and O–H groups in total. The van der Waals surface area contributed by atoms with Gasteiger partial charge in [-0.3, -0.25) is 4.79 Å². The van der Waals surface area contributed by atoms with Crippen molar-refractivity contribution in [3.8, 4) is 0 Å². The Hall–Kier alpha value is -2.62. The SMILES string of the molecule is CCCC(c1ccccc1)c1nc2c(C(N)=O)cccc2[nH]1. The highest BCUT2D eigenvalue weighted by Crippen LogP contribution is 2.29. The molecule has 2 aromatic carbocycles. The molecule has 1 amide bonds. The van der Waals surface area contributed by atoms with Gasteiger partial charge in [-0.05, 0) is 24.1 Å². The number of nitrogens with one attached hydrogen (secondary N) is 1. The quantitative estimate of drug-likeness (QED) is 0.754. The molecule has 1 atom stereocenters. The maximum absolute atomic E-state index is 11.6. The summed E-state index contributed by atoms with van der Waals surface area (Å²) in [6.07, 6.45) is 2.05. The first-order chi connectivity index (χ1) is 10.7. The molecule has 0 fully saturated rings. The van der Waals surface area contributed by atoms with Gasteiger partial charge in [0, 0.05) is 5.92 Å². The number of hydrogen-bond acceptors (Lipinski definition) is 2. The Bertz CT molecular complexity index is 792. The first-order valence-corrected chi connectivity index (χ1v) is 7.54. The molecule has 3 aromatic rings. The Morgan fingerprint density at radius 3 is 2.64 bits per heavy atom. The van der Waals surface area contributed by atoms with Crippen LogP contribution >= 0.6 is 0 Å². The first-order valence-electron chi connectivity index (χ1n) is 7.54. The maximum atomic E-state index is 11.6. The number of rotatable bonds is 5. The van der Waals surface area contributed by atoms with Gasteiger partial charge < -0.3 is 10.7 Å². The van der Waals surface area contributed by atoms with Gasteiger partial charge in [-0.2, -0.15) is 0 Å². The first kappa shape index (κ1) is 14.3. The van der Waals surface area contributed by atoms with Crippen LogP contribution in [0, 0.1) is 0 Å². The van der Waals surface area contributed by atoms with Gasteiger partial charge in [-0.15, -0.1) is 0 Å². The summed E-state index contributed by atoms with van der Waals surface area (Å²) in [6.45, 7) is 2.16. The van der Waals surface area contributed by atoms with E-state index in [0.717, 1.165) is 24.2 Å². The lowest BCUT2D eigenvalue weighted by atomic mass is 9.94. The monoisotopic (exact) mass is 293 g/mol. The molecule has 0 aliphatic rings. The third kappa shape index (κ3) is 2.60. The van der Waals surface area contributed by atoms with Crippen molar-refractivity contribution in [2.75, 3.05) is 0 Å². The molecule has 22 heavy (non-hydrogen) atoms. The molecule has 1 aromatic heterocycles. The summed E-state index contributed by atoms with van der Waals surface area (Å²) in [5, 5.41) is 0. The molecule has 1 heterocycles. The molecule has 0 aliphatic heterocycles. The predicted molar refractivity (Wildman–Crippen MR) is 87.8 cm³/mol. The number of primary amides is 1. The fraction of sp³-hybridized carbons (Fsp3) is 0.222. The van der Waals surface area contributed by atoms with Crippen LogP contribution in [0.1, 0.15) is 47.4 Å². The highest BCUT2D eigenvalue weighted by Gasteiger charge is 2.19. The molecule has 4 nitrogen and oxygen atoms in total. The van der Waals surface area contributed by atoms with E-state index in [1.807, 2.05) is 30.3 Å². The summed E-state index contributed by atoms with van der Waals surface area (Å²) in [4.78, 5) is 19.6. The zero-order valence-corrected chi connectivity index (χ0v) is 12.5. The Morgan fingerprint density at radius 2 is 1.95 bits per heavy atom. The van der Waals surface area contributed by atoms with E-state index in [1.165, 1.54) is 5.56 Å². The van der Waals surface area contributed by atoms with Gasteiger partial charge in [0.15, 0.2) is 0 Å². The smallest absolute Gasteiger partial charge is 0.250 e. The molecular formula is C18H19N3O. The molecule has 0 bridgehead atoms. The lowest BCUT2D eigenvalue weighted by molar-refractivity contribution is 0.100. The summed E-state index contributed by atoms with van der Waals surface area (Å²) < 4.78 is 0. The van der Waals surface area contributed by atoms with Crippen molar-refractivity contribution >= 4 is 16.9 Å². The van der Waals surface area contributed by atoms with E-state index in [9.17, 15) is 4.79 Å². The van der Waals surface area contributed by atoms with E-state index >= 15 is 0 Å². The number of para-hydroxylation sites is 1. The minimum Gasteiger partial charge on any atom is -0.366 e. The minimum atomic E-state index is -0.449. The van der Waals surface area contributed by atoms with Gasteiger partial charge >= 0.3 is 0 Å². The van der Waals surface area contributed by atoms with Crippen molar-refractivity contribution in [3.63, 3.8) is 0 Å². The lowest BCUT2D eigenvalue weighted by Gasteiger charge is -2.13. The van der Waals surface area contributed by atoms with Crippen LogP contribution in [0.5, 0.6) is 0 Å². The largest absolute Gasteiger partial charge is 0.366 e. The number of imidazole rings is 1. The Kier molecular flexibility index (Phi) is 3.92. The van der Waals surface area contributed by atoms with Crippen molar-refractivity contribution in [2.24, 2.45) is 5.73 Å². The summed E-state index contributed by atoms with van der Waals surface area (Å²) in [6, 6.07) is 15.8. The summed E-state index contributed by atoms with van der Waals surface area (Å²) in [7, 11) is 0. The van der Waals surface area contributed by atoms with Gasteiger partial charge in [0.05, 0.1) is 11.1 Å². The average molecular weight is 293 g/mol. The molecule has 4 heteroatoms. The minimum absolute atomic E-state index is 0.194. The van der Waals surface area contributed by atoms with Gasteiger partial charge in [-0.1, -0.05) is 49.7 Å². The number of fused-ring (bicyclic) bond motifs is 1. The number of benzene rings is 2. The highest BCUT2D eigenvalue weighted by molar-refractivity contribution is 6.04. The second-order valence-corrected chi connectivity index (χ2v) is 5.44. The van der Waals surface area contributed by atoms with Crippen molar-refractivity contribution in [3.05, 3.63) is 65.5 Å². The number of nitrogens with zero attached hydrogens (tertiary/aromatic N) is 1. The number of hydrogen-bond donors (Lipinski definition) is 2. The topological polar surface area (TPSA) is 71.8 Å². The third-order valence-electron chi connectivity index (χ3n) is 3.91. The number of carbonyl (C=O) groups is 1. The third-order valence-corrected chi connectivity index (χ3v) is 3.91. The Morgan fingerprint density at radius 1 is 1.18 bits per heavy atom. The Balaban J connectivity index is 2.11. The Labute approximate surface area is 129 Å². The number of nitrogens with two attached hydrogens (primary N) is 1. The van der Waals surface area contributed by atoms with Crippen LogP contribution in [0.25, 0.3) is 11.0 Å². The number of amides is 1. The molecule has 0 saturated carbocycles. The standard InChI is InChI=1S/C18H19N3O/c1-2-7-13(12-8-4-3-5-9-12)18-20-15-11-6-10-14(17(19)22)16(15)21-18/h3-6,8-11,13H,2,7H2,1H3,(H2,19,22)(H,20,21). The van der Waals surface area contributed by atoms with Crippen LogP contribution in [0.4, 0.5) is 0 Å². The lowest BCUT2D eigenvalue weighted by Crippen LogP contribution is -2.11. The fourth-order valence-electron chi connectivity index (χ4n) is 2.85. The van der Waals surface area contributed by atoms with Crippen LogP contribution in [0.3, 0.4) is 0 Å². The van der Waals surface area contributed by atoms with Crippen LogP contribution in [0.15, 0.2) is 48.5 Å². The van der Waals surface area contributed by atoms with E-state index in [4.69, 9.17) is 5.73 Å². The number of H-pyrrole nitrogens is 1. The highest BCUT2D eigenvalue weighted by atomic mass is 16.1. The molecular weight excluding hydrogens is 274 g/mol. The molecule has 0 spiro atoms. The van der Waals surface area contributed by atoms with E-state index in [2.05, 4.69) is 29.0 Å². The summed E-state index contributed by atoms with van der Waals surface area (Å²) >= 11 is 0. The maximum Gasteiger partial charge on any atom is 0.250 e. The number of aromatic amines is 1. The van der Waals surface area contributed by atoms with Gasteiger partial charge in [0.2, 0.25) is 0 Å². The van der Waals surface area contributed by atoms with Crippen LogP contribution in [-0.2, 0) is 0 Å². The summed E-state index contributed by atoms with van der Waals surface area (Å²) in [5.74, 6) is 0.631. The molecule has 1 unspecified atom stereocenters. The molecule has 0 saturated heterocycles. The van der Waals surface area contributed by atoms with Gasteiger partial charge in [0.1, 0.15) is 11.3 Å². The number of carbonyl (C=O) groups excluding carboxylic acids is 1. The normalized spacial score (nSPS) is 12.4. The second-order valence-electron chi connectivity index (χ2n) is 5.44. The van der Waals surface area contributed by atoms with E-state index < -0.39 is 5.91 Å². The van der Waals surface area contributed by atoms with Gasteiger partial charge in [0.25, 0.3) is 5.91 Å². The molecule has 0 aliphatic carbocycles.